The van der Waals surface area contributed by atoms with Gasteiger partial charge >= 0.3 is 6.18 Å². The van der Waals surface area contributed by atoms with Crippen LogP contribution in [0.2, 0.25) is 0 Å². The molecule has 3 aliphatic carbocycles. The number of nitrogens with one attached hydrogen (secondary N) is 1. The molecule has 1 aromatic heterocycles. The molecule has 2 amide bonds. The van der Waals surface area contributed by atoms with Crippen molar-refractivity contribution in [2.24, 2.45) is 29.2 Å². The monoisotopic (exact) mass is 521 g/mol. The maximum Gasteiger partial charge on any atom is 0.417 e. The molecule has 12 heteroatoms. The summed E-state index contributed by atoms with van der Waals surface area (Å²) in [7, 11) is 1.04. The number of hydrogen-bond donors (Lipinski definition) is 3. The smallest absolute Gasteiger partial charge is 0.369 e. The molecule has 5 rings (SSSR count). The van der Waals surface area contributed by atoms with Gasteiger partial charge in [0.05, 0.1) is 17.0 Å². The van der Waals surface area contributed by atoms with Gasteiger partial charge in [-0.1, -0.05) is 18.2 Å². The fourth-order valence-corrected chi connectivity index (χ4v) is 6.50. The van der Waals surface area contributed by atoms with E-state index in [-0.39, 0.29) is 43.3 Å². The highest BCUT2D eigenvalue weighted by molar-refractivity contribution is 6.04. The number of para-hydroxylation sites is 1. The number of hydrogen-bond acceptors (Lipinski definition) is 6. The number of halogens is 3. The van der Waals surface area contributed by atoms with Crippen LogP contribution in [0.4, 0.5) is 13.2 Å². The van der Waals surface area contributed by atoms with Crippen LogP contribution in [-0.4, -0.2) is 57.8 Å². The lowest BCUT2D eigenvalue weighted by Crippen LogP contribution is -2.61. The molecule has 0 radical (unpaired) electrons. The van der Waals surface area contributed by atoms with E-state index in [1.165, 1.54) is 4.68 Å². The van der Waals surface area contributed by atoms with Gasteiger partial charge in [-0.05, 0) is 50.0 Å². The second-order valence-corrected chi connectivity index (χ2v) is 10.6. The quantitative estimate of drug-likeness (QED) is 0.509. The summed E-state index contributed by atoms with van der Waals surface area (Å²) in [4.78, 5) is 38.8. The molecule has 3 aliphatic rings. The van der Waals surface area contributed by atoms with E-state index >= 15 is 0 Å². The maximum atomic E-state index is 13.7. The number of benzene rings is 1. The number of rotatable bonds is 7. The molecule has 1 aromatic carbocycles. The summed E-state index contributed by atoms with van der Waals surface area (Å²) in [5, 5.41) is 7.48. The lowest BCUT2D eigenvalue weighted by molar-refractivity contribution is -0.281. The van der Waals surface area contributed by atoms with Crippen LogP contribution in [0.25, 0.3) is 10.9 Å². The maximum absolute atomic E-state index is 13.7. The van der Waals surface area contributed by atoms with Gasteiger partial charge in [0, 0.05) is 25.0 Å². The molecule has 1 heterocycles. The van der Waals surface area contributed by atoms with Gasteiger partial charge in [-0.15, -0.1) is 0 Å². The minimum atomic E-state index is -4.57. The predicted molar refractivity (Wildman–Crippen MR) is 126 cm³/mol. The van der Waals surface area contributed by atoms with Crippen LogP contribution < -0.4 is 16.8 Å². The number of fused-ring (bicyclic) bond motifs is 2. The van der Waals surface area contributed by atoms with E-state index in [1.807, 2.05) is 0 Å². The van der Waals surface area contributed by atoms with Crippen LogP contribution in [0, 0.1) is 17.8 Å². The van der Waals surface area contributed by atoms with Crippen molar-refractivity contribution in [1.29, 1.82) is 0 Å². The number of ether oxygens (including phenoxy) is 1. The molecule has 3 saturated carbocycles. The summed E-state index contributed by atoms with van der Waals surface area (Å²) < 4.78 is 47.4. The van der Waals surface area contributed by atoms with Gasteiger partial charge in [-0.2, -0.15) is 18.3 Å². The average Bonchev–Trinajstić information content (AvgIpc) is 3.45. The molecule has 200 valence electrons. The first kappa shape index (κ1) is 25.7. The van der Waals surface area contributed by atoms with Crippen LogP contribution >= 0.6 is 0 Å². The van der Waals surface area contributed by atoms with Crippen molar-refractivity contribution in [2.45, 2.75) is 68.4 Å². The van der Waals surface area contributed by atoms with E-state index in [0.29, 0.717) is 30.2 Å². The first-order chi connectivity index (χ1) is 17.4. The zero-order valence-electron chi connectivity index (χ0n) is 20.4. The molecule has 6 atom stereocenters. The Hall–Kier alpha value is -2.99. The molecule has 2 aromatic rings. The standard InChI is InChI=1S/C25H30F3N5O4/c1-37-23(25(26,27)28)8-4-5-14(11-23)31-22(36)17-10-13-9-16(13)24(17,30)19(34)12-33-18-7-3-2-6-15(18)20(32-33)21(29)35/h2-3,6-7,13-14,16-17H,4-5,8-12,30H2,1H3,(H2,29,35)(H,31,36)/t13-,14?,16-,17-,23?,24?/m1/s1. The molecule has 0 aliphatic heterocycles. The number of aromatic nitrogens is 2. The van der Waals surface area contributed by atoms with E-state index < -0.39 is 46.9 Å². The average molecular weight is 522 g/mol. The highest BCUT2D eigenvalue weighted by atomic mass is 19.4. The van der Waals surface area contributed by atoms with Crippen LogP contribution in [0.5, 0.6) is 0 Å². The van der Waals surface area contributed by atoms with Gasteiger partial charge in [0.25, 0.3) is 5.91 Å². The molecular formula is C25H30F3N5O4. The predicted octanol–water partition coefficient (Wildman–Crippen LogP) is 2.06. The number of ketones is 1. The Kier molecular flexibility index (Phi) is 6.10. The molecule has 5 N–H and O–H groups in total. The molecule has 3 unspecified atom stereocenters. The van der Waals surface area contributed by atoms with E-state index in [0.717, 1.165) is 7.11 Å². The van der Waals surface area contributed by atoms with Gasteiger partial charge in [0.2, 0.25) is 5.91 Å². The van der Waals surface area contributed by atoms with Crippen molar-refractivity contribution >= 4 is 28.5 Å². The zero-order valence-corrected chi connectivity index (χ0v) is 20.4. The molecule has 3 fully saturated rings. The van der Waals surface area contributed by atoms with E-state index in [9.17, 15) is 27.6 Å². The summed E-state index contributed by atoms with van der Waals surface area (Å²) in [5.74, 6) is -2.60. The van der Waals surface area contributed by atoms with Gasteiger partial charge in [-0.3, -0.25) is 19.1 Å². The lowest BCUT2D eigenvalue weighted by Gasteiger charge is -2.41. The molecule has 9 nitrogen and oxygen atoms in total. The third kappa shape index (κ3) is 4.10. The number of carbonyl (C=O) groups is 3. The Labute approximate surface area is 211 Å². The van der Waals surface area contributed by atoms with Gasteiger partial charge < -0.3 is 21.5 Å². The minimum Gasteiger partial charge on any atom is -0.369 e. The number of Topliss-reactive ketones (excluding diaryl/α,β-unsaturated/α-hetero) is 1. The summed E-state index contributed by atoms with van der Waals surface area (Å²) >= 11 is 0. The number of nitrogens with zero attached hydrogens (tertiary/aromatic N) is 2. The van der Waals surface area contributed by atoms with E-state index in [4.69, 9.17) is 16.2 Å². The zero-order chi connectivity index (χ0) is 26.8. The Morgan fingerprint density at radius 2 is 1.97 bits per heavy atom. The van der Waals surface area contributed by atoms with Crippen LogP contribution in [0.3, 0.4) is 0 Å². The van der Waals surface area contributed by atoms with Crippen molar-refractivity contribution in [3.63, 3.8) is 0 Å². The Balaban J connectivity index is 1.35. The topological polar surface area (TPSA) is 142 Å². The highest BCUT2D eigenvalue weighted by Crippen LogP contribution is 2.59. The molecule has 0 bridgehead atoms. The van der Waals surface area contributed by atoms with Crippen LogP contribution in [0.15, 0.2) is 24.3 Å². The highest BCUT2D eigenvalue weighted by Gasteiger charge is 2.66. The normalized spacial score (nSPS) is 33.2. The Bertz CT molecular complexity index is 1260. The first-order valence-corrected chi connectivity index (χ1v) is 12.4. The van der Waals surface area contributed by atoms with E-state index in [2.05, 4.69) is 10.4 Å². The number of methoxy groups -OCH3 is 1. The number of nitrogens with two attached hydrogens (primary N) is 2. The summed E-state index contributed by atoms with van der Waals surface area (Å²) in [5.41, 5.74) is 8.92. The van der Waals surface area contributed by atoms with E-state index in [1.54, 1.807) is 24.3 Å². The van der Waals surface area contributed by atoms with Crippen LogP contribution in [-0.2, 0) is 20.9 Å². The summed E-state index contributed by atoms with van der Waals surface area (Å²) in [6.45, 7) is -0.262. The van der Waals surface area contributed by atoms with Gasteiger partial charge in [0.15, 0.2) is 17.1 Å². The molecular weight excluding hydrogens is 491 g/mol. The summed E-state index contributed by atoms with van der Waals surface area (Å²) in [6, 6.07) is 6.10. The number of primary amides is 1. The Morgan fingerprint density at radius 1 is 1.24 bits per heavy atom. The number of amides is 2. The second kappa shape index (κ2) is 8.80. The van der Waals surface area contributed by atoms with Crippen molar-refractivity contribution < 1.29 is 32.3 Å². The third-order valence-corrected chi connectivity index (χ3v) is 8.60. The minimum absolute atomic E-state index is 0.0306. The Morgan fingerprint density at radius 3 is 2.65 bits per heavy atom. The van der Waals surface area contributed by atoms with Crippen molar-refractivity contribution in [3.8, 4) is 0 Å². The van der Waals surface area contributed by atoms with Crippen LogP contribution in [0.1, 0.15) is 49.0 Å². The van der Waals surface area contributed by atoms with Gasteiger partial charge in [-0.25, -0.2) is 0 Å². The number of carbonyl (C=O) groups excluding carboxylic acids is 3. The number of alkyl halides is 3. The van der Waals surface area contributed by atoms with Gasteiger partial charge in [0.1, 0.15) is 6.54 Å². The summed E-state index contributed by atoms with van der Waals surface area (Å²) in [6.07, 6.45) is -3.39. The van der Waals surface area contributed by atoms with Crippen molar-refractivity contribution in [3.05, 3.63) is 30.0 Å². The molecule has 37 heavy (non-hydrogen) atoms. The van der Waals surface area contributed by atoms with Crippen molar-refractivity contribution in [1.82, 2.24) is 15.1 Å². The lowest BCUT2D eigenvalue weighted by atomic mass is 9.77. The first-order valence-electron chi connectivity index (χ1n) is 12.4. The fraction of sp³-hybridized carbons (Fsp3) is 0.600. The molecule has 0 spiro atoms. The molecule has 0 saturated heterocycles. The largest absolute Gasteiger partial charge is 0.417 e. The van der Waals surface area contributed by atoms with Crippen molar-refractivity contribution in [2.75, 3.05) is 7.11 Å². The fourth-order valence-electron chi connectivity index (χ4n) is 6.50. The second-order valence-electron chi connectivity index (χ2n) is 10.6. The SMILES string of the molecule is COC1(C(F)(F)F)CCCC(NC(=O)[C@H]2C[C@H]3C[C@H]3C2(N)C(=O)Cn2nc(C(N)=O)c3ccccc32)C1. The third-order valence-electron chi connectivity index (χ3n) is 8.60.